The second-order valence-electron chi connectivity index (χ2n) is 6.94. The molecule has 0 rings (SSSR count). The quantitative estimate of drug-likeness (QED) is 0.283. The van der Waals surface area contributed by atoms with Crippen LogP contribution in [-0.2, 0) is 4.43 Å². The maximum Gasteiger partial charge on any atom is 0.234 e. The average Bonchev–Trinajstić information content (AvgIpc) is 2.25. The van der Waals surface area contributed by atoms with Crippen molar-refractivity contribution in [2.24, 2.45) is 0 Å². The van der Waals surface area contributed by atoms with Crippen LogP contribution in [0.1, 0.15) is 60.3 Å². The summed E-state index contributed by atoms with van der Waals surface area (Å²) < 4.78 is 6.27. The molecule has 0 amide bonds. The minimum absolute atomic E-state index is 0.0896. The smallest absolute Gasteiger partial charge is 0.234 e. The molecule has 0 heterocycles. The maximum absolute atomic E-state index is 11.0. The van der Waals surface area contributed by atoms with Gasteiger partial charge in [0.05, 0.1) is 0 Å². The van der Waals surface area contributed by atoms with E-state index in [2.05, 4.69) is 40.8 Å². The maximum atomic E-state index is 11.0. The highest BCUT2D eigenvalue weighted by molar-refractivity contribution is 6.74. The first-order valence-corrected chi connectivity index (χ1v) is 10.2. The molecule has 0 radical (unpaired) electrons. The monoisotopic (exact) mass is 289 g/mol. The molecule has 114 valence electrons. The van der Waals surface area contributed by atoms with Crippen molar-refractivity contribution in [2.75, 3.05) is 0 Å². The predicted octanol–water partition coefficient (Wildman–Crippen LogP) is 4.62. The van der Waals surface area contributed by atoms with E-state index in [0.717, 1.165) is 25.7 Å². The van der Waals surface area contributed by atoms with Crippen LogP contribution in [0.2, 0.25) is 18.1 Å². The van der Waals surface area contributed by atoms with Crippen LogP contribution in [0, 0.1) is 10.1 Å². The van der Waals surface area contributed by atoms with Gasteiger partial charge in [0.2, 0.25) is 6.04 Å². The zero-order valence-electron chi connectivity index (χ0n) is 13.7. The largest absolute Gasteiger partial charge is 0.407 e. The fraction of sp³-hybridized carbons (Fsp3) is 1.00. The first-order chi connectivity index (χ1) is 8.53. The second-order valence-corrected chi connectivity index (χ2v) is 11.7. The van der Waals surface area contributed by atoms with E-state index < -0.39 is 14.4 Å². The Bertz CT molecular complexity index is 287. The van der Waals surface area contributed by atoms with Crippen LogP contribution in [0.25, 0.3) is 0 Å². The number of rotatable bonds is 8. The van der Waals surface area contributed by atoms with Crippen LogP contribution >= 0.6 is 0 Å². The molecule has 0 saturated carbocycles. The minimum atomic E-state index is -1.94. The van der Waals surface area contributed by atoms with Crippen LogP contribution in [0.3, 0.4) is 0 Å². The van der Waals surface area contributed by atoms with Crippen molar-refractivity contribution in [2.45, 2.75) is 90.6 Å². The van der Waals surface area contributed by atoms with E-state index in [0.29, 0.717) is 0 Å². The first-order valence-electron chi connectivity index (χ1n) is 7.34. The zero-order valence-corrected chi connectivity index (χ0v) is 14.7. The lowest BCUT2D eigenvalue weighted by molar-refractivity contribution is -0.529. The molecule has 0 N–H and O–H groups in total. The highest BCUT2D eigenvalue weighted by atomic mass is 28.4. The standard InChI is InChI=1S/C14H31NO3Si/c1-8-9-10-11-13(12(2)15(16)17)18-19(6,7)14(3,4)5/h12-13H,8-11H2,1-7H3/t12-,13+/m1/s1. The van der Waals surface area contributed by atoms with Crippen molar-refractivity contribution >= 4 is 8.32 Å². The predicted molar refractivity (Wildman–Crippen MR) is 82.7 cm³/mol. The molecule has 5 heteroatoms. The molecule has 0 fully saturated rings. The second kappa shape index (κ2) is 7.38. The van der Waals surface area contributed by atoms with Crippen LogP contribution in [0.15, 0.2) is 0 Å². The molecular formula is C14H31NO3Si. The lowest BCUT2D eigenvalue weighted by Crippen LogP contribution is -2.48. The Morgan fingerprint density at radius 1 is 1.26 bits per heavy atom. The Morgan fingerprint density at radius 3 is 2.16 bits per heavy atom. The van der Waals surface area contributed by atoms with E-state index in [4.69, 9.17) is 4.43 Å². The Kier molecular flexibility index (Phi) is 7.22. The molecular weight excluding hydrogens is 258 g/mol. The summed E-state index contributed by atoms with van der Waals surface area (Å²) in [4.78, 5) is 10.8. The van der Waals surface area contributed by atoms with Gasteiger partial charge in [-0.2, -0.15) is 0 Å². The third-order valence-corrected chi connectivity index (χ3v) is 8.72. The number of nitrogens with zero attached hydrogens (tertiary/aromatic N) is 1. The van der Waals surface area contributed by atoms with Gasteiger partial charge in [0.15, 0.2) is 8.32 Å². The first kappa shape index (κ1) is 18.6. The van der Waals surface area contributed by atoms with Gasteiger partial charge < -0.3 is 4.43 Å². The van der Waals surface area contributed by atoms with Crippen LogP contribution in [0.4, 0.5) is 0 Å². The van der Waals surface area contributed by atoms with Crippen LogP contribution in [0.5, 0.6) is 0 Å². The van der Waals surface area contributed by atoms with Crippen molar-refractivity contribution in [1.82, 2.24) is 0 Å². The molecule has 0 saturated heterocycles. The lowest BCUT2D eigenvalue weighted by Gasteiger charge is -2.39. The molecule has 0 unspecified atom stereocenters. The normalized spacial score (nSPS) is 16.2. The molecule has 0 aromatic carbocycles. The topological polar surface area (TPSA) is 52.4 Å². The van der Waals surface area contributed by atoms with E-state index in [1.807, 2.05) is 0 Å². The van der Waals surface area contributed by atoms with Crippen molar-refractivity contribution in [3.63, 3.8) is 0 Å². The summed E-state index contributed by atoms with van der Waals surface area (Å²) in [5, 5.41) is 11.1. The Balaban J connectivity index is 4.80. The molecule has 19 heavy (non-hydrogen) atoms. The fourth-order valence-corrected chi connectivity index (χ4v) is 3.11. The average molecular weight is 289 g/mol. The van der Waals surface area contributed by atoms with Crippen molar-refractivity contribution < 1.29 is 9.35 Å². The molecule has 2 atom stereocenters. The van der Waals surface area contributed by atoms with E-state index in [-0.39, 0.29) is 16.1 Å². The van der Waals surface area contributed by atoms with Gasteiger partial charge in [0.25, 0.3) is 0 Å². The van der Waals surface area contributed by atoms with Crippen molar-refractivity contribution in [3.05, 3.63) is 10.1 Å². The van der Waals surface area contributed by atoms with Crippen molar-refractivity contribution in [3.8, 4) is 0 Å². The lowest BCUT2D eigenvalue weighted by atomic mass is 10.1. The number of hydrogen-bond donors (Lipinski definition) is 0. The summed E-state index contributed by atoms with van der Waals surface area (Å²) in [6.07, 6.45) is 3.79. The molecule has 0 aromatic heterocycles. The molecule has 0 spiro atoms. The molecule has 4 nitrogen and oxygen atoms in total. The summed E-state index contributed by atoms with van der Waals surface area (Å²) >= 11 is 0. The molecule has 0 aliphatic rings. The number of nitro groups is 1. The summed E-state index contributed by atoms with van der Waals surface area (Å²) in [5.41, 5.74) is 0. The van der Waals surface area contributed by atoms with Gasteiger partial charge in [0, 0.05) is 11.8 Å². The van der Waals surface area contributed by atoms with E-state index in [1.54, 1.807) is 6.92 Å². The third kappa shape index (κ3) is 6.04. The summed E-state index contributed by atoms with van der Waals surface area (Å²) in [5.74, 6) is 0. The van der Waals surface area contributed by atoms with Crippen LogP contribution < -0.4 is 0 Å². The molecule has 0 aromatic rings. The highest BCUT2D eigenvalue weighted by Crippen LogP contribution is 2.38. The minimum Gasteiger partial charge on any atom is -0.407 e. The molecule has 0 bridgehead atoms. The van der Waals surface area contributed by atoms with Crippen molar-refractivity contribution in [1.29, 1.82) is 0 Å². The summed E-state index contributed by atoms with van der Waals surface area (Å²) in [7, 11) is -1.94. The Morgan fingerprint density at radius 2 is 1.79 bits per heavy atom. The fourth-order valence-electron chi connectivity index (χ4n) is 1.69. The van der Waals surface area contributed by atoms with Gasteiger partial charge in [-0.1, -0.05) is 47.0 Å². The number of unbranched alkanes of at least 4 members (excludes halogenated alkanes) is 2. The van der Waals surface area contributed by atoms with Gasteiger partial charge >= 0.3 is 0 Å². The third-order valence-electron chi connectivity index (χ3n) is 4.21. The SMILES string of the molecule is CCCCC[C@H](O[Si](C)(C)C(C)(C)C)[C@@H](C)[N+](=O)[O-]. The Hall–Kier alpha value is -0.423. The summed E-state index contributed by atoms with van der Waals surface area (Å²) in [6, 6.07) is -0.619. The molecule has 0 aliphatic heterocycles. The molecule has 0 aliphatic carbocycles. The van der Waals surface area contributed by atoms with E-state index in [9.17, 15) is 10.1 Å². The number of hydrogen-bond acceptors (Lipinski definition) is 3. The Labute approximate surface area is 119 Å². The van der Waals surface area contributed by atoms with E-state index >= 15 is 0 Å². The highest BCUT2D eigenvalue weighted by Gasteiger charge is 2.42. The van der Waals surface area contributed by atoms with E-state index in [1.165, 1.54) is 0 Å². The van der Waals surface area contributed by atoms with Gasteiger partial charge in [-0.15, -0.1) is 0 Å². The zero-order chi connectivity index (χ0) is 15.3. The van der Waals surface area contributed by atoms with Gasteiger partial charge in [0.1, 0.15) is 6.10 Å². The summed E-state index contributed by atoms with van der Waals surface area (Å²) in [6.45, 7) is 14.6. The van der Waals surface area contributed by atoms with Gasteiger partial charge in [-0.25, -0.2) is 0 Å². The van der Waals surface area contributed by atoms with Gasteiger partial charge in [-0.3, -0.25) is 10.1 Å². The van der Waals surface area contributed by atoms with Gasteiger partial charge in [-0.05, 0) is 24.6 Å². The van der Waals surface area contributed by atoms with Crippen LogP contribution in [-0.4, -0.2) is 25.4 Å².